The fraction of sp³-hybridized carbons (Fsp3) is 0.474. The quantitative estimate of drug-likeness (QED) is 0.875. The van der Waals surface area contributed by atoms with Crippen molar-refractivity contribution in [2.75, 3.05) is 33.8 Å². The average molecular weight is 342 g/mol. The zero-order valence-corrected chi connectivity index (χ0v) is 14.9. The monoisotopic (exact) mass is 342 g/mol. The molecule has 1 N–H and O–H groups in total. The van der Waals surface area contributed by atoms with Crippen molar-refractivity contribution in [1.82, 2.24) is 20.0 Å². The van der Waals surface area contributed by atoms with Gasteiger partial charge in [-0.15, -0.1) is 0 Å². The Morgan fingerprint density at radius 3 is 2.88 bits per heavy atom. The van der Waals surface area contributed by atoms with Crippen LogP contribution in [0.3, 0.4) is 0 Å². The van der Waals surface area contributed by atoms with Crippen LogP contribution < -0.4 is 5.32 Å². The molecular weight excluding hydrogens is 316 g/mol. The van der Waals surface area contributed by atoms with E-state index < -0.39 is 0 Å². The summed E-state index contributed by atoms with van der Waals surface area (Å²) < 4.78 is 7.64. The molecule has 0 bridgehead atoms. The van der Waals surface area contributed by atoms with Crippen LogP contribution in [0.15, 0.2) is 42.6 Å². The van der Waals surface area contributed by atoms with Gasteiger partial charge in [0.1, 0.15) is 5.69 Å². The summed E-state index contributed by atoms with van der Waals surface area (Å²) in [6.45, 7) is 2.84. The molecule has 1 saturated heterocycles. The number of nitrogens with zero attached hydrogens (tertiary/aromatic N) is 3. The van der Waals surface area contributed by atoms with E-state index in [2.05, 4.69) is 27.4 Å². The highest BCUT2D eigenvalue weighted by molar-refractivity contribution is 5.91. The molecule has 6 nitrogen and oxygen atoms in total. The van der Waals surface area contributed by atoms with Gasteiger partial charge in [0.05, 0.1) is 12.1 Å². The molecule has 2 atom stereocenters. The summed E-state index contributed by atoms with van der Waals surface area (Å²) in [5, 5.41) is 7.06. The molecule has 1 aromatic heterocycles. The van der Waals surface area contributed by atoms with Gasteiger partial charge >= 0.3 is 0 Å². The number of hydrogen-bond acceptors (Lipinski definition) is 4. The van der Waals surface area contributed by atoms with E-state index in [1.54, 1.807) is 20.2 Å². The molecule has 134 valence electrons. The van der Waals surface area contributed by atoms with E-state index in [-0.39, 0.29) is 12.0 Å². The number of carbonyl (C=O) groups excluding carboxylic acids is 1. The Hall–Kier alpha value is -2.18. The van der Waals surface area contributed by atoms with Crippen molar-refractivity contribution in [2.45, 2.75) is 25.0 Å². The van der Waals surface area contributed by atoms with E-state index >= 15 is 0 Å². The Morgan fingerprint density at radius 1 is 1.36 bits per heavy atom. The minimum absolute atomic E-state index is 0.0685. The van der Waals surface area contributed by atoms with E-state index in [9.17, 15) is 4.79 Å². The van der Waals surface area contributed by atoms with Crippen LogP contribution >= 0.6 is 0 Å². The first kappa shape index (κ1) is 17.6. The van der Waals surface area contributed by atoms with Crippen LogP contribution in [0, 0.1) is 0 Å². The first-order valence-corrected chi connectivity index (χ1v) is 8.78. The van der Waals surface area contributed by atoms with Crippen molar-refractivity contribution in [1.29, 1.82) is 0 Å². The standard InChI is InChI=1S/C19H26N4O2/c1-20-19(24)17-10-12-23(21-17)16-9-6-11-22(13-16)14-18(25-2)15-7-4-3-5-8-15/h3-5,7-8,10,12,16,18H,6,9,11,13-14H2,1-2H3,(H,20,24). The minimum Gasteiger partial charge on any atom is -0.375 e. The topological polar surface area (TPSA) is 59.4 Å². The molecule has 1 aliphatic heterocycles. The molecule has 0 saturated carbocycles. The van der Waals surface area contributed by atoms with Gasteiger partial charge in [0.2, 0.25) is 0 Å². The van der Waals surface area contributed by atoms with E-state index in [4.69, 9.17) is 4.74 Å². The Bertz CT molecular complexity index is 686. The van der Waals surface area contributed by atoms with Crippen molar-refractivity contribution in [3.63, 3.8) is 0 Å². The number of rotatable bonds is 6. The van der Waals surface area contributed by atoms with Crippen molar-refractivity contribution in [3.8, 4) is 0 Å². The number of piperidine rings is 1. The van der Waals surface area contributed by atoms with Crippen LogP contribution in [0.4, 0.5) is 0 Å². The SMILES string of the molecule is CNC(=O)c1ccn(C2CCCN(CC(OC)c3ccccc3)C2)n1. The Morgan fingerprint density at radius 2 is 2.16 bits per heavy atom. The lowest BCUT2D eigenvalue weighted by Gasteiger charge is -2.34. The second-order valence-corrected chi connectivity index (χ2v) is 6.45. The number of nitrogens with one attached hydrogen (secondary N) is 1. The summed E-state index contributed by atoms with van der Waals surface area (Å²) in [6, 6.07) is 12.4. The van der Waals surface area contributed by atoms with Gasteiger partial charge in [0, 0.05) is 33.4 Å². The fourth-order valence-corrected chi connectivity index (χ4v) is 3.42. The fourth-order valence-electron chi connectivity index (χ4n) is 3.42. The molecule has 1 aliphatic rings. The van der Waals surface area contributed by atoms with Gasteiger partial charge in [0.25, 0.3) is 5.91 Å². The molecule has 1 aromatic carbocycles. The highest BCUT2D eigenvalue weighted by Crippen LogP contribution is 2.25. The molecule has 2 unspecified atom stereocenters. The maximum atomic E-state index is 11.7. The van der Waals surface area contributed by atoms with Crippen molar-refractivity contribution in [2.24, 2.45) is 0 Å². The molecule has 2 heterocycles. The third kappa shape index (κ3) is 4.27. The van der Waals surface area contributed by atoms with Gasteiger partial charge in [0.15, 0.2) is 0 Å². The summed E-state index contributed by atoms with van der Waals surface area (Å²) in [5.74, 6) is -0.144. The zero-order valence-electron chi connectivity index (χ0n) is 14.9. The van der Waals surface area contributed by atoms with E-state index in [0.717, 1.165) is 32.5 Å². The molecule has 2 aromatic rings. The Balaban J connectivity index is 1.64. The number of amides is 1. The molecule has 25 heavy (non-hydrogen) atoms. The summed E-state index contributed by atoms with van der Waals surface area (Å²) in [7, 11) is 3.39. The zero-order chi connectivity index (χ0) is 17.6. The maximum Gasteiger partial charge on any atom is 0.271 e. The number of likely N-dealkylation sites (tertiary alicyclic amines) is 1. The maximum absolute atomic E-state index is 11.7. The second-order valence-electron chi connectivity index (χ2n) is 6.45. The van der Waals surface area contributed by atoms with Crippen LogP contribution in [0.25, 0.3) is 0 Å². The lowest BCUT2D eigenvalue weighted by atomic mass is 10.0. The van der Waals surface area contributed by atoms with Crippen LogP contribution in [0.5, 0.6) is 0 Å². The molecule has 0 radical (unpaired) electrons. The highest BCUT2D eigenvalue weighted by Gasteiger charge is 2.25. The van der Waals surface area contributed by atoms with Gasteiger partial charge < -0.3 is 10.1 Å². The third-order valence-electron chi connectivity index (χ3n) is 4.80. The largest absolute Gasteiger partial charge is 0.375 e. The van der Waals surface area contributed by atoms with Gasteiger partial charge in [-0.2, -0.15) is 5.10 Å². The van der Waals surface area contributed by atoms with Gasteiger partial charge in [-0.3, -0.25) is 14.4 Å². The summed E-state index contributed by atoms with van der Waals surface area (Å²) in [5.41, 5.74) is 1.67. The number of carbonyl (C=O) groups is 1. The van der Waals surface area contributed by atoms with Gasteiger partial charge in [-0.05, 0) is 31.0 Å². The predicted molar refractivity (Wildman–Crippen MR) is 96.5 cm³/mol. The number of aromatic nitrogens is 2. The number of benzene rings is 1. The Kier molecular flexibility index (Phi) is 5.83. The van der Waals surface area contributed by atoms with Crippen LogP contribution in [0.1, 0.15) is 41.0 Å². The predicted octanol–water partition coefficient (Wildman–Crippen LogP) is 2.27. The molecule has 6 heteroatoms. The van der Waals surface area contributed by atoms with E-state index in [0.29, 0.717) is 11.7 Å². The van der Waals surface area contributed by atoms with E-state index in [1.165, 1.54) is 5.56 Å². The number of hydrogen-bond donors (Lipinski definition) is 1. The molecule has 1 amide bonds. The Labute approximate surface area is 148 Å². The van der Waals surface area contributed by atoms with Gasteiger partial charge in [-0.25, -0.2) is 0 Å². The first-order chi connectivity index (χ1) is 12.2. The number of methoxy groups -OCH3 is 1. The summed E-state index contributed by atoms with van der Waals surface area (Å²) in [6.07, 6.45) is 4.17. The smallest absolute Gasteiger partial charge is 0.271 e. The highest BCUT2D eigenvalue weighted by atomic mass is 16.5. The molecular formula is C19H26N4O2. The van der Waals surface area contributed by atoms with Crippen molar-refractivity contribution < 1.29 is 9.53 Å². The van der Waals surface area contributed by atoms with Crippen LogP contribution in [-0.4, -0.2) is 54.4 Å². The van der Waals surface area contributed by atoms with E-state index in [1.807, 2.05) is 29.1 Å². The molecule has 3 rings (SSSR count). The van der Waals surface area contributed by atoms with Crippen molar-refractivity contribution in [3.05, 3.63) is 53.9 Å². The molecule has 1 fully saturated rings. The van der Waals surface area contributed by atoms with Gasteiger partial charge in [-0.1, -0.05) is 30.3 Å². The summed E-state index contributed by atoms with van der Waals surface area (Å²) >= 11 is 0. The third-order valence-corrected chi connectivity index (χ3v) is 4.80. The second kappa shape index (κ2) is 8.27. The molecule has 0 aliphatic carbocycles. The van der Waals surface area contributed by atoms with Crippen LogP contribution in [-0.2, 0) is 4.74 Å². The first-order valence-electron chi connectivity index (χ1n) is 8.78. The molecule has 0 spiro atoms. The van der Waals surface area contributed by atoms with Crippen LogP contribution in [0.2, 0.25) is 0 Å². The average Bonchev–Trinajstić information content (AvgIpc) is 3.16. The normalized spacial score (nSPS) is 19.5. The lowest BCUT2D eigenvalue weighted by molar-refractivity contribution is 0.0474. The number of ether oxygens (including phenoxy) is 1. The lowest BCUT2D eigenvalue weighted by Crippen LogP contribution is -2.39. The minimum atomic E-state index is -0.144. The van der Waals surface area contributed by atoms with Crippen molar-refractivity contribution >= 4 is 5.91 Å². The summed E-state index contributed by atoms with van der Waals surface area (Å²) in [4.78, 5) is 14.1.